The van der Waals surface area contributed by atoms with Crippen LogP contribution in [0, 0.1) is 5.82 Å². The van der Waals surface area contributed by atoms with Gasteiger partial charge in [0.2, 0.25) is 5.43 Å². The second-order valence-electron chi connectivity index (χ2n) is 5.57. The number of hydrogen-bond donors (Lipinski definition) is 0. The molecule has 2 aromatic carbocycles. The van der Waals surface area contributed by atoms with Crippen LogP contribution in [0.1, 0.15) is 16.1 Å². The number of fused-ring (bicyclic) bond motifs is 1. The molecule has 0 N–H and O–H groups in total. The normalized spacial score (nSPS) is 10.8. The van der Waals surface area contributed by atoms with Gasteiger partial charge in [-0.3, -0.25) is 14.3 Å². The lowest BCUT2D eigenvalue weighted by Gasteiger charge is -2.17. The lowest BCUT2D eigenvalue weighted by Crippen LogP contribution is -2.33. The van der Waals surface area contributed by atoms with Gasteiger partial charge in [-0.15, -0.1) is 0 Å². The number of nitrogens with zero attached hydrogens (tertiary/aromatic N) is 3. The number of para-hydroxylation sites is 1. The van der Waals surface area contributed by atoms with Crippen molar-refractivity contribution in [3.05, 3.63) is 75.8 Å². The maximum Gasteiger partial charge on any atom is 0.278 e. The van der Waals surface area contributed by atoms with Crippen LogP contribution in [-0.2, 0) is 13.6 Å². The molecule has 0 unspecified atom stereocenters. The Morgan fingerprint density at radius 1 is 1.17 bits per heavy atom. The lowest BCUT2D eigenvalue weighted by atomic mass is 10.1. The highest BCUT2D eigenvalue weighted by atomic mass is 19.1. The smallest absolute Gasteiger partial charge is 0.278 e. The zero-order chi connectivity index (χ0) is 17.3. The Bertz CT molecular complexity index is 981. The van der Waals surface area contributed by atoms with Gasteiger partial charge in [0.25, 0.3) is 5.91 Å². The predicted molar refractivity (Wildman–Crippen MR) is 89.2 cm³/mol. The van der Waals surface area contributed by atoms with Crippen LogP contribution in [0.25, 0.3) is 10.9 Å². The van der Waals surface area contributed by atoms with Gasteiger partial charge in [0.05, 0.1) is 5.52 Å². The molecule has 122 valence electrons. The zero-order valence-corrected chi connectivity index (χ0v) is 13.4. The number of aryl methyl sites for hydroxylation is 1. The van der Waals surface area contributed by atoms with E-state index in [1.807, 2.05) is 0 Å². The summed E-state index contributed by atoms with van der Waals surface area (Å²) >= 11 is 0. The van der Waals surface area contributed by atoms with Crippen molar-refractivity contribution in [3.63, 3.8) is 0 Å². The summed E-state index contributed by atoms with van der Waals surface area (Å²) in [6.07, 6.45) is 0. The molecule has 0 spiro atoms. The Hall–Kier alpha value is -3.02. The molecule has 0 saturated carbocycles. The van der Waals surface area contributed by atoms with E-state index in [4.69, 9.17) is 0 Å². The second kappa shape index (κ2) is 6.23. The van der Waals surface area contributed by atoms with E-state index in [-0.39, 0.29) is 12.2 Å². The maximum absolute atomic E-state index is 13.7. The van der Waals surface area contributed by atoms with Gasteiger partial charge in [0.15, 0.2) is 5.69 Å². The maximum atomic E-state index is 13.7. The van der Waals surface area contributed by atoms with Gasteiger partial charge in [-0.1, -0.05) is 30.3 Å². The first-order valence-electron chi connectivity index (χ1n) is 7.44. The molecule has 0 radical (unpaired) electrons. The highest BCUT2D eigenvalue weighted by Crippen LogP contribution is 2.12. The molecular formula is C18H16FN3O2. The molecule has 1 heterocycles. The van der Waals surface area contributed by atoms with Crippen LogP contribution < -0.4 is 5.43 Å². The Balaban J connectivity index is 1.98. The van der Waals surface area contributed by atoms with Crippen molar-refractivity contribution in [2.75, 3.05) is 7.05 Å². The molecule has 3 aromatic rings. The van der Waals surface area contributed by atoms with Gasteiger partial charge < -0.3 is 4.90 Å². The Labute approximate surface area is 137 Å². The first-order valence-corrected chi connectivity index (χ1v) is 7.44. The molecule has 0 saturated heterocycles. The van der Waals surface area contributed by atoms with Crippen LogP contribution in [0.15, 0.2) is 53.3 Å². The molecule has 1 aromatic heterocycles. The van der Waals surface area contributed by atoms with Gasteiger partial charge in [-0.25, -0.2) is 4.39 Å². The van der Waals surface area contributed by atoms with Crippen molar-refractivity contribution in [1.82, 2.24) is 14.7 Å². The van der Waals surface area contributed by atoms with E-state index >= 15 is 0 Å². The van der Waals surface area contributed by atoms with Crippen LogP contribution in [0.3, 0.4) is 0 Å². The minimum absolute atomic E-state index is 0.0587. The van der Waals surface area contributed by atoms with E-state index in [1.54, 1.807) is 49.5 Å². The molecule has 6 heteroatoms. The summed E-state index contributed by atoms with van der Waals surface area (Å²) in [5, 5.41) is 4.53. The molecule has 0 aliphatic rings. The molecule has 0 atom stereocenters. The number of amides is 1. The third-order valence-electron chi connectivity index (χ3n) is 3.88. The number of aromatic nitrogens is 2. The van der Waals surface area contributed by atoms with Gasteiger partial charge in [-0.2, -0.15) is 5.10 Å². The average molecular weight is 325 g/mol. The van der Waals surface area contributed by atoms with Crippen LogP contribution in [0.2, 0.25) is 0 Å². The first-order chi connectivity index (χ1) is 11.5. The SMILES string of the molecule is CN(Cc1ccccc1F)C(=O)c1nn(C)c2ccccc2c1=O. The second-order valence-corrected chi connectivity index (χ2v) is 5.57. The average Bonchev–Trinajstić information content (AvgIpc) is 2.59. The summed E-state index contributed by atoms with van der Waals surface area (Å²) in [7, 11) is 3.19. The molecule has 5 nitrogen and oxygen atoms in total. The fourth-order valence-electron chi connectivity index (χ4n) is 2.60. The number of benzene rings is 2. The monoisotopic (exact) mass is 325 g/mol. The van der Waals surface area contributed by atoms with Crippen LogP contribution in [0.4, 0.5) is 4.39 Å². The summed E-state index contributed by atoms with van der Waals surface area (Å²) in [6.45, 7) is 0.0587. The van der Waals surface area contributed by atoms with Crippen molar-refractivity contribution < 1.29 is 9.18 Å². The fourth-order valence-corrected chi connectivity index (χ4v) is 2.60. The van der Waals surface area contributed by atoms with Gasteiger partial charge in [0.1, 0.15) is 5.82 Å². The van der Waals surface area contributed by atoms with Gasteiger partial charge in [-0.05, 0) is 18.2 Å². The van der Waals surface area contributed by atoms with E-state index in [0.29, 0.717) is 16.5 Å². The quantitative estimate of drug-likeness (QED) is 0.743. The molecule has 0 aliphatic heterocycles. The molecule has 0 fully saturated rings. The number of carbonyl (C=O) groups excluding carboxylic acids is 1. The van der Waals surface area contributed by atoms with Crippen molar-refractivity contribution in [2.45, 2.75) is 6.54 Å². The van der Waals surface area contributed by atoms with Crippen molar-refractivity contribution >= 4 is 16.8 Å². The fraction of sp³-hybridized carbons (Fsp3) is 0.167. The first kappa shape index (κ1) is 15.9. The minimum atomic E-state index is -0.537. The van der Waals surface area contributed by atoms with E-state index in [0.717, 1.165) is 0 Å². The van der Waals surface area contributed by atoms with E-state index in [2.05, 4.69) is 5.10 Å². The van der Waals surface area contributed by atoms with Crippen LogP contribution in [-0.4, -0.2) is 27.6 Å². The minimum Gasteiger partial charge on any atom is -0.336 e. The van der Waals surface area contributed by atoms with Crippen LogP contribution in [0.5, 0.6) is 0 Å². The predicted octanol–water partition coefficient (Wildman–Crippen LogP) is 2.34. The lowest BCUT2D eigenvalue weighted by molar-refractivity contribution is 0.0774. The summed E-state index contributed by atoms with van der Waals surface area (Å²) in [6, 6.07) is 13.2. The zero-order valence-electron chi connectivity index (χ0n) is 13.4. The standard InChI is InChI=1S/C18H16FN3O2/c1-21(11-12-7-3-5-9-14(12)19)18(24)16-17(23)13-8-4-6-10-15(13)22(2)20-16/h3-10H,11H2,1-2H3. The largest absolute Gasteiger partial charge is 0.336 e. The third kappa shape index (κ3) is 2.78. The number of halogens is 1. The molecule has 24 heavy (non-hydrogen) atoms. The van der Waals surface area contributed by atoms with E-state index in [9.17, 15) is 14.0 Å². The van der Waals surface area contributed by atoms with E-state index in [1.165, 1.54) is 22.7 Å². The van der Waals surface area contributed by atoms with Crippen LogP contribution >= 0.6 is 0 Å². The number of hydrogen-bond acceptors (Lipinski definition) is 3. The third-order valence-corrected chi connectivity index (χ3v) is 3.88. The van der Waals surface area contributed by atoms with Gasteiger partial charge in [0, 0.05) is 31.6 Å². The van der Waals surface area contributed by atoms with Crippen molar-refractivity contribution in [1.29, 1.82) is 0 Å². The molecule has 0 bridgehead atoms. The van der Waals surface area contributed by atoms with Gasteiger partial charge >= 0.3 is 0 Å². The summed E-state index contributed by atoms with van der Waals surface area (Å²) in [5.41, 5.74) is 0.436. The summed E-state index contributed by atoms with van der Waals surface area (Å²) in [4.78, 5) is 26.4. The molecule has 0 aliphatic carbocycles. The Morgan fingerprint density at radius 2 is 1.83 bits per heavy atom. The number of carbonyl (C=O) groups is 1. The Kier molecular flexibility index (Phi) is 4.12. The molecular weight excluding hydrogens is 309 g/mol. The highest BCUT2D eigenvalue weighted by molar-refractivity contribution is 5.95. The topological polar surface area (TPSA) is 55.2 Å². The van der Waals surface area contributed by atoms with Crippen molar-refractivity contribution in [3.8, 4) is 0 Å². The summed E-state index contributed by atoms with van der Waals surface area (Å²) < 4.78 is 15.2. The molecule has 1 amide bonds. The Morgan fingerprint density at radius 3 is 2.58 bits per heavy atom. The molecule has 3 rings (SSSR count). The summed E-state index contributed by atoms with van der Waals surface area (Å²) in [5.74, 6) is -0.930. The van der Waals surface area contributed by atoms with E-state index < -0.39 is 17.2 Å². The van der Waals surface area contributed by atoms with Crippen molar-refractivity contribution in [2.24, 2.45) is 7.05 Å². The number of rotatable bonds is 3. The highest BCUT2D eigenvalue weighted by Gasteiger charge is 2.20.